The summed E-state index contributed by atoms with van der Waals surface area (Å²) in [6, 6.07) is 50.9. The number of fused-ring (bicyclic) bond motifs is 3. The van der Waals surface area contributed by atoms with Gasteiger partial charge >= 0.3 is 5.97 Å². The fraction of sp³-hybridized carbons (Fsp3) is 0.218. The standard InChI is InChI=1S/C30H25Cl3N2.C25H23Cl3N2O3/c31-24-8-6-21(7-9-24)30-19-34(13-14-35(30)29-12-10-25(32)17-28(29)33)18-20-5-11-27-23(15-20)16-22-3-1-2-4-26(22)27;26-19-7-5-17(6-8-19)23-15-29(11-12-30(23)22-10-9-20(27)13-21(22)28)14-18-3-1-2-4-24(18)33-16-25(31)32/h1-12,15,17,30H,13-14,16,18-19H2;1-10,13,23H,11-12,14-16H2,(H,31,32). The number of hydrogen-bond acceptors (Lipinski definition) is 6. The first-order valence-corrected chi connectivity index (χ1v) is 24.7. The minimum absolute atomic E-state index is 0.0433. The molecule has 2 fully saturated rings. The third-order valence-electron chi connectivity index (χ3n) is 12.9. The predicted molar refractivity (Wildman–Crippen MR) is 281 cm³/mol. The summed E-state index contributed by atoms with van der Waals surface area (Å²) < 4.78 is 5.50. The van der Waals surface area contributed by atoms with Crippen molar-refractivity contribution in [3.8, 4) is 16.9 Å². The van der Waals surface area contributed by atoms with Crippen molar-refractivity contribution in [2.75, 3.05) is 55.7 Å². The van der Waals surface area contributed by atoms with Gasteiger partial charge in [-0.15, -0.1) is 0 Å². The van der Waals surface area contributed by atoms with Gasteiger partial charge in [0.25, 0.3) is 0 Å². The molecule has 1 aliphatic carbocycles. The number of halogens is 6. The number of benzene rings is 7. The Hall–Kier alpha value is -4.93. The number of rotatable bonds is 11. The number of hydrogen-bond donors (Lipinski definition) is 1. The largest absolute Gasteiger partial charge is 0.482 e. The molecule has 68 heavy (non-hydrogen) atoms. The number of carboxylic acid groups (broad SMARTS) is 1. The Bertz CT molecular complexity index is 2900. The first-order valence-electron chi connectivity index (χ1n) is 22.5. The van der Waals surface area contributed by atoms with Crippen molar-refractivity contribution in [2.24, 2.45) is 0 Å². The van der Waals surface area contributed by atoms with Gasteiger partial charge in [-0.25, -0.2) is 4.79 Å². The van der Waals surface area contributed by atoms with Crippen LogP contribution in [0.25, 0.3) is 11.1 Å². The number of carbonyl (C=O) groups is 1. The van der Waals surface area contributed by atoms with E-state index in [4.69, 9.17) is 79.4 Å². The number of carboxylic acids is 1. The summed E-state index contributed by atoms with van der Waals surface area (Å²) in [7, 11) is 0. The second-order valence-corrected chi connectivity index (χ2v) is 19.9. The molecule has 2 heterocycles. The molecule has 0 saturated carbocycles. The lowest BCUT2D eigenvalue weighted by Gasteiger charge is -2.43. The van der Waals surface area contributed by atoms with E-state index in [0.29, 0.717) is 37.4 Å². The van der Waals surface area contributed by atoms with E-state index in [-0.39, 0.29) is 18.7 Å². The van der Waals surface area contributed by atoms with Crippen LogP contribution >= 0.6 is 69.6 Å². The Morgan fingerprint density at radius 1 is 0.529 bits per heavy atom. The highest BCUT2D eigenvalue weighted by atomic mass is 35.5. The van der Waals surface area contributed by atoms with E-state index in [9.17, 15) is 4.79 Å². The summed E-state index contributed by atoms with van der Waals surface area (Å²) in [5.74, 6) is -0.410. The van der Waals surface area contributed by atoms with Crippen LogP contribution in [-0.2, 0) is 24.3 Å². The van der Waals surface area contributed by atoms with Gasteiger partial charge in [0, 0.05) is 78.0 Å². The lowest BCUT2D eigenvalue weighted by molar-refractivity contribution is -0.139. The van der Waals surface area contributed by atoms with Crippen molar-refractivity contribution in [1.29, 1.82) is 0 Å². The molecule has 13 heteroatoms. The van der Waals surface area contributed by atoms with Gasteiger partial charge in [0.2, 0.25) is 0 Å². The van der Waals surface area contributed by atoms with Crippen molar-refractivity contribution in [3.05, 3.63) is 215 Å². The molecular weight excluding hydrogens is 977 g/mol. The Morgan fingerprint density at radius 2 is 1.04 bits per heavy atom. The van der Waals surface area contributed by atoms with E-state index in [1.807, 2.05) is 84.9 Å². The van der Waals surface area contributed by atoms with Crippen LogP contribution in [0.3, 0.4) is 0 Å². The van der Waals surface area contributed by atoms with Crippen LogP contribution in [0.2, 0.25) is 30.1 Å². The molecule has 3 aliphatic rings. The zero-order valence-corrected chi connectivity index (χ0v) is 41.5. The molecule has 0 amide bonds. The molecule has 2 saturated heterocycles. The molecule has 2 unspecified atom stereocenters. The maximum atomic E-state index is 10.9. The number of piperazine rings is 2. The third kappa shape index (κ3) is 11.4. The van der Waals surface area contributed by atoms with Crippen LogP contribution in [0, 0.1) is 0 Å². The second kappa shape index (κ2) is 21.8. The smallest absolute Gasteiger partial charge is 0.341 e. The van der Waals surface area contributed by atoms with Crippen LogP contribution in [-0.4, -0.2) is 66.8 Å². The van der Waals surface area contributed by atoms with Crippen LogP contribution in [0.4, 0.5) is 11.4 Å². The first-order chi connectivity index (χ1) is 32.9. The fourth-order valence-corrected chi connectivity index (χ4v) is 10.9. The van der Waals surface area contributed by atoms with Crippen molar-refractivity contribution in [2.45, 2.75) is 31.6 Å². The van der Waals surface area contributed by atoms with Gasteiger partial charge in [0.1, 0.15) is 5.75 Å². The van der Waals surface area contributed by atoms with Crippen LogP contribution in [0.1, 0.15) is 45.5 Å². The maximum Gasteiger partial charge on any atom is 0.341 e. The zero-order valence-electron chi connectivity index (χ0n) is 37.0. The summed E-state index contributed by atoms with van der Waals surface area (Å²) in [4.78, 5) is 20.5. The van der Waals surface area contributed by atoms with E-state index >= 15 is 0 Å². The molecule has 7 nitrogen and oxygen atoms in total. The number of aliphatic carboxylic acids is 1. The summed E-state index contributed by atoms with van der Waals surface area (Å²) in [6.07, 6.45) is 1.02. The van der Waals surface area contributed by atoms with Gasteiger partial charge in [-0.1, -0.05) is 155 Å². The summed E-state index contributed by atoms with van der Waals surface area (Å²) >= 11 is 37.9. The predicted octanol–water partition coefficient (Wildman–Crippen LogP) is 14.5. The molecule has 7 aromatic carbocycles. The van der Waals surface area contributed by atoms with Crippen LogP contribution < -0.4 is 14.5 Å². The zero-order chi connectivity index (χ0) is 47.3. The molecule has 7 aromatic rings. The SMILES string of the molecule is Clc1ccc(C2CN(Cc3ccc4c(c3)Cc3ccccc3-4)CCN2c2ccc(Cl)cc2Cl)cc1.O=C(O)COc1ccccc1CN1CCN(c2ccc(Cl)cc2Cl)C(c2ccc(Cl)cc2)C1. The topological polar surface area (TPSA) is 59.5 Å². The molecule has 2 atom stereocenters. The average Bonchev–Trinajstić information content (AvgIpc) is 3.70. The lowest BCUT2D eigenvalue weighted by atomic mass is 10.00. The summed E-state index contributed by atoms with van der Waals surface area (Å²) in [6.45, 7) is 6.24. The van der Waals surface area contributed by atoms with Crippen molar-refractivity contribution >= 4 is 86.9 Å². The Kier molecular flexibility index (Phi) is 15.4. The van der Waals surface area contributed by atoms with E-state index in [1.54, 1.807) is 12.1 Å². The molecule has 2 aliphatic heterocycles. The van der Waals surface area contributed by atoms with Gasteiger partial charge in [0.05, 0.1) is 33.5 Å². The van der Waals surface area contributed by atoms with Crippen LogP contribution in [0.5, 0.6) is 5.75 Å². The molecular formula is C55H48Cl6N4O3. The van der Waals surface area contributed by atoms with Crippen molar-refractivity contribution in [1.82, 2.24) is 9.80 Å². The number of nitrogens with zero attached hydrogens (tertiary/aromatic N) is 4. The highest BCUT2D eigenvalue weighted by Crippen LogP contribution is 2.41. The molecule has 1 N–H and O–H groups in total. The molecule has 10 rings (SSSR count). The molecule has 348 valence electrons. The van der Waals surface area contributed by atoms with Gasteiger partial charge in [0.15, 0.2) is 6.61 Å². The summed E-state index contributed by atoms with van der Waals surface area (Å²) in [5.41, 5.74) is 12.3. The van der Waals surface area contributed by atoms with Gasteiger partial charge in [-0.05, 0) is 112 Å². The van der Waals surface area contributed by atoms with Gasteiger partial charge < -0.3 is 19.6 Å². The van der Waals surface area contributed by atoms with E-state index < -0.39 is 5.97 Å². The molecule has 0 aromatic heterocycles. The Morgan fingerprint density at radius 3 is 1.62 bits per heavy atom. The van der Waals surface area contributed by atoms with Gasteiger partial charge in [-0.3, -0.25) is 9.80 Å². The number of anilines is 2. The minimum atomic E-state index is -0.999. The highest BCUT2D eigenvalue weighted by molar-refractivity contribution is 6.37. The lowest BCUT2D eigenvalue weighted by Crippen LogP contribution is -2.48. The van der Waals surface area contributed by atoms with E-state index in [1.165, 1.54) is 33.4 Å². The normalized spacial score (nSPS) is 17.0. The quantitative estimate of drug-likeness (QED) is 0.138. The van der Waals surface area contributed by atoms with Crippen LogP contribution in [0.15, 0.2) is 152 Å². The van der Waals surface area contributed by atoms with Crippen molar-refractivity contribution < 1.29 is 14.6 Å². The minimum Gasteiger partial charge on any atom is -0.482 e. The Labute approximate surface area is 427 Å². The van der Waals surface area contributed by atoms with Crippen molar-refractivity contribution in [3.63, 3.8) is 0 Å². The second-order valence-electron chi connectivity index (χ2n) is 17.3. The first kappa shape index (κ1) is 48.1. The van der Waals surface area contributed by atoms with E-state index in [0.717, 1.165) is 79.8 Å². The average molecular weight is 1030 g/mol. The number of para-hydroxylation sites is 1. The van der Waals surface area contributed by atoms with Gasteiger partial charge in [-0.2, -0.15) is 0 Å². The third-order valence-corrected chi connectivity index (χ3v) is 14.4. The summed E-state index contributed by atoms with van der Waals surface area (Å²) in [5, 5.41) is 13.0. The maximum absolute atomic E-state index is 10.9. The molecule has 0 spiro atoms. The Balaban J connectivity index is 0.000000170. The number of ether oxygens (including phenoxy) is 1. The highest BCUT2D eigenvalue weighted by Gasteiger charge is 2.32. The molecule has 0 radical (unpaired) electrons. The monoisotopic (exact) mass is 1020 g/mol. The fourth-order valence-electron chi connectivity index (χ4n) is 9.62. The molecule has 0 bridgehead atoms. The van der Waals surface area contributed by atoms with E-state index in [2.05, 4.69) is 74.2 Å².